The fourth-order valence-electron chi connectivity index (χ4n) is 11.6. The minimum atomic E-state index is 0.647. The lowest BCUT2D eigenvalue weighted by Gasteiger charge is -2.62. The lowest BCUT2D eigenvalue weighted by molar-refractivity contribution is -0.135. The zero-order valence-corrected chi connectivity index (χ0v) is 41.0. The second kappa shape index (κ2) is 19.4. The van der Waals surface area contributed by atoms with E-state index in [0.29, 0.717) is 21.7 Å². The Bertz CT molecular complexity index is 1140. The average molecular weight is 799 g/mol. The van der Waals surface area contributed by atoms with E-state index >= 15 is 0 Å². The first kappa shape index (κ1) is 47.7. The van der Waals surface area contributed by atoms with Crippen LogP contribution in [0, 0.1) is 21.7 Å². The second-order valence-electron chi connectivity index (χ2n) is 23.6. The number of likely N-dealkylation sites (tertiary alicyclic amines) is 8. The van der Waals surface area contributed by atoms with E-state index in [1.165, 1.54) is 137 Å². The Morgan fingerprint density at radius 1 is 0.211 bits per heavy atom. The van der Waals surface area contributed by atoms with Crippen LogP contribution in [0.5, 0.6) is 0 Å². The van der Waals surface area contributed by atoms with Crippen molar-refractivity contribution < 1.29 is 0 Å². The van der Waals surface area contributed by atoms with Crippen LogP contribution < -0.4 is 0 Å². The monoisotopic (exact) mass is 799 g/mol. The molecule has 0 atom stereocenters. The molecule has 8 aliphatic rings. The molecule has 8 nitrogen and oxygen atoms in total. The van der Waals surface area contributed by atoms with E-state index in [2.05, 4.69) is 150 Å². The summed E-state index contributed by atoms with van der Waals surface area (Å²) in [5, 5.41) is 0. The van der Waals surface area contributed by atoms with Crippen LogP contribution in [0.4, 0.5) is 0 Å². The van der Waals surface area contributed by atoms with Gasteiger partial charge in [-0.25, -0.2) is 0 Å². The smallest absolute Gasteiger partial charge is 0.0212 e. The maximum absolute atomic E-state index is 2.66. The van der Waals surface area contributed by atoms with Crippen molar-refractivity contribution in [3.63, 3.8) is 0 Å². The summed E-state index contributed by atoms with van der Waals surface area (Å²) in [6.07, 6.45) is 7.12. The van der Waals surface area contributed by atoms with Gasteiger partial charge in [0.15, 0.2) is 0 Å². The molecule has 8 fully saturated rings. The van der Waals surface area contributed by atoms with Crippen LogP contribution in [0.15, 0.2) is 0 Å². The number of piperidine rings is 1. The molecule has 0 saturated carbocycles. The molecule has 0 aliphatic carbocycles. The van der Waals surface area contributed by atoms with E-state index in [1.807, 2.05) is 0 Å². The van der Waals surface area contributed by atoms with Gasteiger partial charge in [0, 0.05) is 131 Å². The highest BCUT2D eigenvalue weighted by atomic mass is 15.3. The summed E-state index contributed by atoms with van der Waals surface area (Å²) in [4.78, 5) is 21.0. The Morgan fingerprint density at radius 2 is 0.386 bits per heavy atom. The van der Waals surface area contributed by atoms with Crippen molar-refractivity contribution >= 4 is 0 Å². The van der Waals surface area contributed by atoms with Crippen molar-refractivity contribution in [3.05, 3.63) is 0 Å². The van der Waals surface area contributed by atoms with Crippen molar-refractivity contribution in [2.75, 3.05) is 105 Å². The largest absolute Gasteiger partial charge is 0.301 e. The van der Waals surface area contributed by atoms with E-state index in [1.54, 1.807) is 0 Å². The molecule has 8 saturated heterocycles. The van der Waals surface area contributed by atoms with Gasteiger partial charge in [0.1, 0.15) is 0 Å². The first-order valence-corrected chi connectivity index (χ1v) is 24.5. The van der Waals surface area contributed by atoms with Crippen molar-refractivity contribution in [1.82, 2.24) is 39.2 Å². The molecule has 0 radical (unpaired) electrons. The molecule has 0 unspecified atom stereocenters. The van der Waals surface area contributed by atoms with Gasteiger partial charge in [0.25, 0.3) is 0 Å². The van der Waals surface area contributed by atoms with Crippen LogP contribution in [0.25, 0.3) is 0 Å². The Balaban J connectivity index is 0.000000145. The highest BCUT2D eigenvalue weighted by Crippen LogP contribution is 2.44. The molecule has 0 aromatic rings. The predicted molar refractivity (Wildman–Crippen MR) is 246 cm³/mol. The van der Waals surface area contributed by atoms with Gasteiger partial charge in [-0.2, -0.15) is 0 Å². The topological polar surface area (TPSA) is 25.9 Å². The summed E-state index contributed by atoms with van der Waals surface area (Å²) in [5.74, 6) is 0. The van der Waals surface area contributed by atoms with Gasteiger partial charge in [0.2, 0.25) is 0 Å². The molecule has 57 heavy (non-hydrogen) atoms. The van der Waals surface area contributed by atoms with Gasteiger partial charge >= 0.3 is 0 Å². The fraction of sp³-hybridized carbons (Fsp3) is 1.00. The Morgan fingerprint density at radius 3 is 0.632 bits per heavy atom. The summed E-state index contributed by atoms with van der Waals surface area (Å²) in [5.41, 5.74) is 2.73. The zero-order valence-electron chi connectivity index (χ0n) is 41.0. The van der Waals surface area contributed by atoms with Crippen LogP contribution >= 0.6 is 0 Å². The molecule has 334 valence electrons. The highest BCUT2D eigenvalue weighted by molar-refractivity contribution is 5.07. The van der Waals surface area contributed by atoms with Crippen molar-refractivity contribution in [2.45, 2.75) is 191 Å². The lowest BCUT2D eigenvalue weighted by Crippen LogP contribution is -2.73. The summed E-state index contributed by atoms with van der Waals surface area (Å²) in [6.45, 7) is 58.4. The fourth-order valence-corrected chi connectivity index (χ4v) is 11.6. The van der Waals surface area contributed by atoms with Gasteiger partial charge in [-0.3, -0.25) is 19.6 Å². The Hall–Kier alpha value is -0.320. The number of hydrogen-bond donors (Lipinski definition) is 0. The molecular weight excluding hydrogens is 701 g/mol. The summed E-state index contributed by atoms with van der Waals surface area (Å²) < 4.78 is 0. The average Bonchev–Trinajstić information content (AvgIpc) is 3.81. The molecule has 8 rings (SSSR count). The SMILES string of the molecule is CC(C)N1CC2(C1)CN(C(C)C)C2.CC(C)N1CCC2(C1)CN(C(C)C)C2.CC(C)N1CCC2(CC1)CN(C(C)C)C2.CC(C)N1CCC2(CCN(C(C)C)C2)C1. The van der Waals surface area contributed by atoms with Gasteiger partial charge in [-0.15, -0.1) is 0 Å². The quantitative estimate of drug-likeness (QED) is 0.248. The third-order valence-corrected chi connectivity index (χ3v) is 16.4. The zero-order chi connectivity index (χ0) is 42.1. The van der Waals surface area contributed by atoms with Crippen LogP contribution in [-0.2, 0) is 0 Å². The van der Waals surface area contributed by atoms with E-state index in [0.717, 1.165) is 48.3 Å². The predicted octanol–water partition coefficient (Wildman–Crippen LogP) is 7.63. The van der Waals surface area contributed by atoms with E-state index in [9.17, 15) is 0 Å². The molecular formula is C49H98N8. The van der Waals surface area contributed by atoms with Gasteiger partial charge in [-0.1, -0.05) is 0 Å². The number of rotatable bonds is 8. The molecule has 8 aliphatic heterocycles. The molecule has 8 heteroatoms. The van der Waals surface area contributed by atoms with Gasteiger partial charge < -0.3 is 19.6 Å². The molecule has 0 aromatic carbocycles. The summed E-state index contributed by atoms with van der Waals surface area (Å²) in [7, 11) is 0. The first-order chi connectivity index (χ1) is 26.6. The summed E-state index contributed by atoms with van der Waals surface area (Å²) >= 11 is 0. The van der Waals surface area contributed by atoms with E-state index in [4.69, 9.17) is 0 Å². The lowest BCUT2D eigenvalue weighted by atomic mass is 9.71. The van der Waals surface area contributed by atoms with Crippen molar-refractivity contribution in [3.8, 4) is 0 Å². The van der Waals surface area contributed by atoms with Gasteiger partial charge in [0.05, 0.1) is 0 Å². The normalized spacial score (nSPS) is 27.8. The highest BCUT2D eigenvalue weighted by Gasteiger charge is 2.52. The molecule has 0 amide bonds. The van der Waals surface area contributed by atoms with Crippen LogP contribution in [0.3, 0.4) is 0 Å². The van der Waals surface area contributed by atoms with Crippen LogP contribution in [0.1, 0.15) is 143 Å². The Labute approximate surface area is 355 Å². The number of hydrogen-bond acceptors (Lipinski definition) is 8. The Kier molecular flexibility index (Phi) is 16.2. The third kappa shape index (κ3) is 11.8. The summed E-state index contributed by atoms with van der Waals surface area (Å²) in [6, 6.07) is 5.94. The standard InChI is InChI=1S/2C13H26N2.C12H24N2.C11H22N2/c1-11(2)14-7-5-13(9-14)6-8-15(10-13)12(3)4;1-11(2)14-7-5-13(6-8-14)9-15(10-13)12(3)4;1-10(2)13-6-5-12(7-13)8-14(9-12)11(3)4;1-9(2)12-5-11(6-12)7-13(8-11)10(3)4/h2*11-12H,5-10H2,1-4H3;10-11H,5-9H2,1-4H3;9-10H,5-8H2,1-4H3. The molecule has 0 aromatic heterocycles. The molecule has 0 N–H and O–H groups in total. The maximum atomic E-state index is 2.66. The van der Waals surface area contributed by atoms with E-state index in [-0.39, 0.29) is 0 Å². The molecule has 0 bridgehead atoms. The molecule has 4 spiro atoms. The minimum absolute atomic E-state index is 0.647. The van der Waals surface area contributed by atoms with Crippen molar-refractivity contribution in [1.29, 1.82) is 0 Å². The van der Waals surface area contributed by atoms with Crippen LogP contribution in [0.2, 0.25) is 0 Å². The minimum Gasteiger partial charge on any atom is -0.301 e. The van der Waals surface area contributed by atoms with E-state index < -0.39 is 0 Å². The first-order valence-electron chi connectivity index (χ1n) is 24.5. The number of nitrogens with zero attached hydrogens (tertiary/aromatic N) is 8. The maximum Gasteiger partial charge on any atom is 0.0212 e. The van der Waals surface area contributed by atoms with Gasteiger partial charge in [-0.05, 0) is 186 Å². The third-order valence-electron chi connectivity index (χ3n) is 16.4. The molecule has 8 heterocycles. The van der Waals surface area contributed by atoms with Crippen LogP contribution in [-0.4, -0.2) is 192 Å². The second-order valence-corrected chi connectivity index (χ2v) is 23.6. The van der Waals surface area contributed by atoms with Crippen molar-refractivity contribution in [2.24, 2.45) is 21.7 Å².